The van der Waals surface area contributed by atoms with Crippen LogP contribution in [0.4, 0.5) is 0 Å². The van der Waals surface area contributed by atoms with Crippen molar-refractivity contribution in [2.75, 3.05) is 20.3 Å². The minimum Gasteiger partial charge on any atom is -0.468 e. The molecule has 5 nitrogen and oxygen atoms in total. The first-order chi connectivity index (χ1) is 8.13. The number of carbonyl (C=O) groups excluding carboxylic acids is 2. The van der Waals surface area contributed by atoms with Crippen LogP contribution in [0.2, 0.25) is 0 Å². The summed E-state index contributed by atoms with van der Waals surface area (Å²) in [6, 6.07) is 7.25. The molecular weight excluding hydrogens is 220 g/mol. The van der Waals surface area contributed by atoms with Crippen molar-refractivity contribution >= 4 is 11.9 Å². The summed E-state index contributed by atoms with van der Waals surface area (Å²) in [6.45, 7) is 2.26. The zero-order chi connectivity index (χ0) is 12.7. The van der Waals surface area contributed by atoms with Crippen molar-refractivity contribution in [3.05, 3.63) is 35.4 Å². The van der Waals surface area contributed by atoms with Crippen LogP contribution in [-0.2, 0) is 9.53 Å². The molecule has 0 aliphatic heterocycles. The van der Waals surface area contributed by atoms with Crippen LogP contribution in [0.3, 0.4) is 0 Å². The summed E-state index contributed by atoms with van der Waals surface area (Å²) < 4.78 is 4.44. The molecule has 2 N–H and O–H groups in total. The van der Waals surface area contributed by atoms with Crippen LogP contribution in [0, 0.1) is 6.92 Å². The van der Waals surface area contributed by atoms with Crippen LogP contribution in [0.5, 0.6) is 0 Å². The van der Waals surface area contributed by atoms with Crippen molar-refractivity contribution in [2.24, 2.45) is 0 Å². The molecule has 92 valence electrons. The van der Waals surface area contributed by atoms with Gasteiger partial charge in [0.15, 0.2) is 0 Å². The monoisotopic (exact) mass is 236 g/mol. The number of rotatable bonds is 5. The number of amides is 1. The lowest BCUT2D eigenvalue weighted by molar-refractivity contribution is -0.139. The number of aryl methyl sites for hydroxylation is 1. The summed E-state index contributed by atoms with van der Waals surface area (Å²) in [5, 5.41) is 5.38. The van der Waals surface area contributed by atoms with Gasteiger partial charge < -0.3 is 10.1 Å². The van der Waals surface area contributed by atoms with E-state index < -0.39 is 0 Å². The molecule has 0 aliphatic rings. The fourth-order valence-electron chi connectivity index (χ4n) is 1.19. The first kappa shape index (κ1) is 13.2. The lowest BCUT2D eigenvalue weighted by atomic mass is 10.1. The van der Waals surface area contributed by atoms with Crippen LogP contribution < -0.4 is 10.6 Å². The van der Waals surface area contributed by atoms with E-state index in [1.54, 1.807) is 12.1 Å². The maximum Gasteiger partial charge on any atom is 0.319 e. The fraction of sp³-hybridized carbons (Fsp3) is 0.333. The molecule has 0 radical (unpaired) electrons. The summed E-state index contributed by atoms with van der Waals surface area (Å²) in [5.74, 6) is -0.544. The van der Waals surface area contributed by atoms with E-state index in [9.17, 15) is 9.59 Å². The predicted molar refractivity (Wildman–Crippen MR) is 63.5 cm³/mol. The topological polar surface area (TPSA) is 67.4 Å². The average molecular weight is 236 g/mol. The zero-order valence-corrected chi connectivity index (χ0v) is 9.95. The maximum absolute atomic E-state index is 11.6. The van der Waals surface area contributed by atoms with Crippen molar-refractivity contribution < 1.29 is 14.3 Å². The van der Waals surface area contributed by atoms with Gasteiger partial charge in [-0.1, -0.05) is 17.7 Å². The molecular formula is C12H16N2O3. The van der Waals surface area contributed by atoms with Gasteiger partial charge in [0.25, 0.3) is 5.91 Å². The highest BCUT2D eigenvalue weighted by Gasteiger charge is 2.04. The van der Waals surface area contributed by atoms with Crippen molar-refractivity contribution in [1.29, 1.82) is 0 Å². The third-order valence-electron chi connectivity index (χ3n) is 2.18. The van der Waals surface area contributed by atoms with E-state index in [0.29, 0.717) is 5.56 Å². The molecule has 1 amide bonds. The third kappa shape index (κ3) is 4.65. The standard InChI is InChI=1S/C12H16N2O3/c1-9-3-5-10(6-4-9)12(16)14-8-13-7-11(15)17-2/h3-6,13H,7-8H2,1-2H3,(H,14,16). The summed E-state index contributed by atoms with van der Waals surface area (Å²) in [6.07, 6.45) is 0. The van der Waals surface area contributed by atoms with Crippen LogP contribution >= 0.6 is 0 Å². The highest BCUT2D eigenvalue weighted by atomic mass is 16.5. The molecule has 0 saturated carbocycles. The number of hydrogen-bond donors (Lipinski definition) is 2. The molecule has 1 aromatic carbocycles. The predicted octanol–water partition coefficient (Wildman–Crippen LogP) is 0.445. The van der Waals surface area contributed by atoms with Gasteiger partial charge in [0.1, 0.15) is 0 Å². The fourth-order valence-corrected chi connectivity index (χ4v) is 1.19. The van der Waals surface area contributed by atoms with Crippen LogP contribution in [0.25, 0.3) is 0 Å². The van der Waals surface area contributed by atoms with E-state index in [1.165, 1.54) is 7.11 Å². The van der Waals surface area contributed by atoms with Crippen molar-refractivity contribution in [3.63, 3.8) is 0 Å². The van der Waals surface area contributed by atoms with Gasteiger partial charge in [-0.05, 0) is 19.1 Å². The Morgan fingerprint density at radius 3 is 2.47 bits per heavy atom. The molecule has 0 aromatic heterocycles. The molecule has 1 rings (SSSR count). The van der Waals surface area contributed by atoms with E-state index in [2.05, 4.69) is 15.4 Å². The SMILES string of the molecule is COC(=O)CNCNC(=O)c1ccc(C)cc1. The summed E-state index contributed by atoms with van der Waals surface area (Å²) in [7, 11) is 1.31. The molecule has 0 fully saturated rings. The molecule has 1 aromatic rings. The maximum atomic E-state index is 11.6. The Kier molecular flexibility index (Phi) is 5.16. The van der Waals surface area contributed by atoms with E-state index in [1.807, 2.05) is 19.1 Å². The quantitative estimate of drug-likeness (QED) is 0.442. The number of ether oxygens (including phenoxy) is 1. The van der Waals surface area contributed by atoms with Gasteiger partial charge in [-0.2, -0.15) is 0 Å². The van der Waals surface area contributed by atoms with Gasteiger partial charge in [-0.3, -0.25) is 14.9 Å². The normalized spacial score (nSPS) is 9.76. The van der Waals surface area contributed by atoms with Crippen LogP contribution in [0.1, 0.15) is 15.9 Å². The van der Waals surface area contributed by atoms with Gasteiger partial charge in [0.2, 0.25) is 0 Å². The zero-order valence-electron chi connectivity index (χ0n) is 9.95. The molecule has 0 aliphatic carbocycles. The van der Waals surface area contributed by atoms with Crippen molar-refractivity contribution in [3.8, 4) is 0 Å². The Bertz CT molecular complexity index is 387. The Morgan fingerprint density at radius 1 is 1.24 bits per heavy atom. The van der Waals surface area contributed by atoms with E-state index in [0.717, 1.165) is 5.56 Å². The van der Waals surface area contributed by atoms with Crippen molar-refractivity contribution in [2.45, 2.75) is 6.92 Å². The molecule has 0 bridgehead atoms. The first-order valence-corrected chi connectivity index (χ1v) is 5.26. The van der Waals surface area contributed by atoms with Gasteiger partial charge >= 0.3 is 5.97 Å². The van der Waals surface area contributed by atoms with E-state index in [-0.39, 0.29) is 25.1 Å². The second kappa shape index (κ2) is 6.65. The smallest absolute Gasteiger partial charge is 0.319 e. The highest BCUT2D eigenvalue weighted by molar-refractivity contribution is 5.94. The van der Waals surface area contributed by atoms with Crippen LogP contribution in [0.15, 0.2) is 24.3 Å². The number of nitrogens with one attached hydrogen (secondary N) is 2. The highest BCUT2D eigenvalue weighted by Crippen LogP contribution is 2.02. The Hall–Kier alpha value is -1.88. The van der Waals surface area contributed by atoms with E-state index >= 15 is 0 Å². The number of methoxy groups -OCH3 is 1. The molecule has 0 spiro atoms. The molecule has 0 unspecified atom stereocenters. The van der Waals surface area contributed by atoms with E-state index in [4.69, 9.17) is 0 Å². The van der Waals surface area contributed by atoms with Crippen LogP contribution in [-0.4, -0.2) is 32.2 Å². The minimum absolute atomic E-state index is 0.0741. The van der Waals surface area contributed by atoms with Crippen molar-refractivity contribution in [1.82, 2.24) is 10.6 Å². The molecule has 5 heteroatoms. The lowest BCUT2D eigenvalue weighted by Crippen LogP contribution is -2.36. The van der Waals surface area contributed by atoms with Gasteiger partial charge in [0.05, 0.1) is 20.3 Å². The molecule has 0 saturated heterocycles. The molecule has 0 atom stereocenters. The minimum atomic E-state index is -0.366. The Balaban J connectivity index is 2.30. The van der Waals surface area contributed by atoms with Gasteiger partial charge in [-0.15, -0.1) is 0 Å². The number of esters is 1. The second-order valence-electron chi connectivity index (χ2n) is 3.55. The van der Waals surface area contributed by atoms with Gasteiger partial charge in [-0.25, -0.2) is 0 Å². The third-order valence-corrected chi connectivity index (χ3v) is 2.18. The summed E-state index contributed by atoms with van der Waals surface area (Å²) in [4.78, 5) is 22.4. The van der Waals surface area contributed by atoms with Gasteiger partial charge in [0, 0.05) is 5.56 Å². The summed E-state index contributed by atoms with van der Waals surface area (Å²) >= 11 is 0. The number of carbonyl (C=O) groups is 2. The molecule has 17 heavy (non-hydrogen) atoms. The lowest BCUT2D eigenvalue weighted by Gasteiger charge is -2.06. The second-order valence-corrected chi connectivity index (χ2v) is 3.55. The summed E-state index contributed by atoms with van der Waals surface area (Å²) in [5.41, 5.74) is 1.70. The Morgan fingerprint density at radius 2 is 1.88 bits per heavy atom. The Labute approximate surface area is 100 Å². The average Bonchev–Trinajstić information content (AvgIpc) is 2.34. The molecule has 0 heterocycles. The largest absolute Gasteiger partial charge is 0.468 e. The first-order valence-electron chi connectivity index (χ1n) is 5.26. The number of hydrogen-bond acceptors (Lipinski definition) is 4. The number of benzene rings is 1.